The molecule has 1 heterocycles. The fraction of sp³-hybridized carbons (Fsp3) is 0.214. The lowest BCUT2D eigenvalue weighted by atomic mass is 10.2. The lowest BCUT2D eigenvalue weighted by Gasteiger charge is -2.20. The third-order valence-corrected chi connectivity index (χ3v) is 2.79. The number of aryl methyl sites for hydroxylation is 1. The van der Waals surface area contributed by atoms with Crippen molar-refractivity contribution in [3.63, 3.8) is 0 Å². The number of carbonyl (C=O) groups is 1. The van der Waals surface area contributed by atoms with Crippen LogP contribution >= 0.6 is 0 Å². The molecular formula is C14H15N3O2. The summed E-state index contributed by atoms with van der Waals surface area (Å²) in [6, 6.07) is 8.02. The van der Waals surface area contributed by atoms with E-state index in [-0.39, 0.29) is 5.56 Å². The molecule has 19 heavy (non-hydrogen) atoms. The minimum Gasteiger partial charge on any atom is -0.478 e. The Labute approximate surface area is 111 Å². The normalized spacial score (nSPS) is 10.2. The molecule has 1 aromatic heterocycles. The Balaban J connectivity index is 2.31. The second-order valence-electron chi connectivity index (χ2n) is 4.16. The molecular weight excluding hydrogens is 242 g/mol. The van der Waals surface area contributed by atoms with Gasteiger partial charge in [0.1, 0.15) is 0 Å². The molecule has 5 nitrogen and oxygen atoms in total. The maximum Gasteiger partial charge on any atom is 0.338 e. The van der Waals surface area contributed by atoms with Crippen LogP contribution in [0.4, 0.5) is 11.6 Å². The number of nitrogens with zero attached hydrogens (tertiary/aromatic N) is 3. The lowest BCUT2D eigenvalue weighted by molar-refractivity contribution is 0.0696. The van der Waals surface area contributed by atoms with E-state index in [1.807, 2.05) is 43.0 Å². The molecule has 0 aliphatic rings. The van der Waals surface area contributed by atoms with Gasteiger partial charge in [0, 0.05) is 24.6 Å². The number of aromatic carboxylic acids is 1. The Morgan fingerprint density at radius 2 is 1.79 bits per heavy atom. The van der Waals surface area contributed by atoms with Crippen LogP contribution in [0.5, 0.6) is 0 Å². The highest BCUT2D eigenvalue weighted by molar-refractivity contribution is 5.86. The number of carboxylic acid groups (broad SMARTS) is 1. The van der Waals surface area contributed by atoms with Crippen molar-refractivity contribution in [3.8, 4) is 0 Å². The Morgan fingerprint density at radius 1 is 1.21 bits per heavy atom. The number of anilines is 2. The zero-order valence-corrected chi connectivity index (χ0v) is 10.9. The molecule has 0 saturated heterocycles. The van der Waals surface area contributed by atoms with Gasteiger partial charge in [0.15, 0.2) is 0 Å². The number of benzene rings is 1. The first-order chi connectivity index (χ1) is 9.11. The molecule has 2 rings (SSSR count). The average Bonchev–Trinajstić information content (AvgIpc) is 2.42. The molecule has 0 bridgehead atoms. The number of hydrogen-bond acceptors (Lipinski definition) is 4. The van der Waals surface area contributed by atoms with Gasteiger partial charge in [0.25, 0.3) is 0 Å². The van der Waals surface area contributed by atoms with E-state index in [4.69, 9.17) is 5.11 Å². The van der Waals surface area contributed by atoms with E-state index in [1.54, 1.807) is 0 Å². The van der Waals surface area contributed by atoms with Crippen LogP contribution < -0.4 is 4.90 Å². The third kappa shape index (κ3) is 2.88. The number of carboxylic acids is 1. The van der Waals surface area contributed by atoms with E-state index in [0.29, 0.717) is 12.5 Å². The zero-order valence-electron chi connectivity index (χ0n) is 10.9. The summed E-state index contributed by atoms with van der Waals surface area (Å²) in [6.45, 7) is 4.72. The molecule has 0 amide bonds. The van der Waals surface area contributed by atoms with Gasteiger partial charge in [-0.25, -0.2) is 14.8 Å². The Kier molecular flexibility index (Phi) is 3.75. The summed E-state index contributed by atoms with van der Waals surface area (Å²) in [6.07, 6.45) is 2.64. The van der Waals surface area contributed by atoms with Crippen LogP contribution in [0.2, 0.25) is 0 Å². The van der Waals surface area contributed by atoms with E-state index in [2.05, 4.69) is 9.97 Å². The highest BCUT2D eigenvalue weighted by Gasteiger charge is 2.11. The van der Waals surface area contributed by atoms with Crippen molar-refractivity contribution in [2.75, 3.05) is 11.4 Å². The Hall–Kier alpha value is -2.43. The molecule has 0 unspecified atom stereocenters. The molecule has 98 valence electrons. The van der Waals surface area contributed by atoms with Crippen molar-refractivity contribution in [2.45, 2.75) is 13.8 Å². The summed E-state index contributed by atoms with van der Waals surface area (Å²) < 4.78 is 0. The number of aromatic nitrogens is 2. The summed E-state index contributed by atoms with van der Waals surface area (Å²) >= 11 is 0. The van der Waals surface area contributed by atoms with Gasteiger partial charge in [-0.05, 0) is 26.0 Å². The summed E-state index contributed by atoms with van der Waals surface area (Å²) in [5, 5.41) is 8.83. The summed E-state index contributed by atoms with van der Waals surface area (Å²) in [4.78, 5) is 20.9. The number of hydrogen-bond donors (Lipinski definition) is 1. The predicted molar refractivity (Wildman–Crippen MR) is 72.9 cm³/mol. The first-order valence-corrected chi connectivity index (χ1v) is 6.01. The van der Waals surface area contributed by atoms with E-state index in [1.165, 1.54) is 18.0 Å². The fourth-order valence-electron chi connectivity index (χ4n) is 1.74. The smallest absolute Gasteiger partial charge is 0.338 e. The van der Waals surface area contributed by atoms with Gasteiger partial charge in [0.2, 0.25) is 5.95 Å². The highest BCUT2D eigenvalue weighted by atomic mass is 16.4. The quantitative estimate of drug-likeness (QED) is 0.912. The summed E-state index contributed by atoms with van der Waals surface area (Å²) in [5.41, 5.74) is 2.25. The highest BCUT2D eigenvalue weighted by Crippen LogP contribution is 2.21. The van der Waals surface area contributed by atoms with Crippen molar-refractivity contribution in [1.29, 1.82) is 0 Å². The van der Waals surface area contributed by atoms with Crippen LogP contribution in [0.15, 0.2) is 36.7 Å². The van der Waals surface area contributed by atoms with Crippen molar-refractivity contribution >= 4 is 17.6 Å². The molecule has 1 aromatic carbocycles. The SMILES string of the molecule is CCN(c1ccc(C)cc1)c1ncc(C(=O)O)cn1. The maximum absolute atomic E-state index is 10.8. The standard InChI is InChI=1S/C14H15N3O2/c1-3-17(12-6-4-10(2)5-7-12)14-15-8-11(9-16-14)13(18)19/h4-9H,3H2,1-2H3,(H,18,19). The lowest BCUT2D eigenvalue weighted by Crippen LogP contribution is -2.19. The van der Waals surface area contributed by atoms with Gasteiger partial charge in [-0.3, -0.25) is 0 Å². The minimum absolute atomic E-state index is 0.0868. The van der Waals surface area contributed by atoms with Gasteiger partial charge >= 0.3 is 5.97 Å². The molecule has 2 aromatic rings. The van der Waals surface area contributed by atoms with Crippen molar-refractivity contribution < 1.29 is 9.90 Å². The molecule has 0 radical (unpaired) electrons. The van der Waals surface area contributed by atoms with Gasteiger partial charge in [-0.15, -0.1) is 0 Å². The topological polar surface area (TPSA) is 66.3 Å². The molecule has 0 saturated carbocycles. The second kappa shape index (κ2) is 5.48. The molecule has 0 spiro atoms. The fourth-order valence-corrected chi connectivity index (χ4v) is 1.74. The van der Waals surface area contributed by atoms with Crippen molar-refractivity contribution in [3.05, 3.63) is 47.8 Å². The zero-order chi connectivity index (χ0) is 13.8. The summed E-state index contributed by atoms with van der Waals surface area (Å²) in [7, 11) is 0. The van der Waals surface area contributed by atoms with E-state index in [9.17, 15) is 4.79 Å². The monoisotopic (exact) mass is 257 g/mol. The molecule has 0 aliphatic carbocycles. The average molecular weight is 257 g/mol. The van der Waals surface area contributed by atoms with E-state index < -0.39 is 5.97 Å². The Bertz CT molecular complexity index is 564. The van der Waals surface area contributed by atoms with Crippen LogP contribution in [0.1, 0.15) is 22.8 Å². The van der Waals surface area contributed by atoms with Crippen molar-refractivity contribution in [1.82, 2.24) is 9.97 Å². The minimum atomic E-state index is -1.02. The van der Waals surface area contributed by atoms with Crippen LogP contribution in [-0.2, 0) is 0 Å². The first-order valence-electron chi connectivity index (χ1n) is 6.01. The van der Waals surface area contributed by atoms with Crippen LogP contribution in [-0.4, -0.2) is 27.6 Å². The van der Waals surface area contributed by atoms with Gasteiger partial charge < -0.3 is 10.0 Å². The van der Waals surface area contributed by atoms with Crippen LogP contribution in [0.3, 0.4) is 0 Å². The van der Waals surface area contributed by atoms with Crippen LogP contribution in [0, 0.1) is 6.92 Å². The van der Waals surface area contributed by atoms with Gasteiger partial charge in [-0.1, -0.05) is 17.7 Å². The largest absolute Gasteiger partial charge is 0.478 e. The van der Waals surface area contributed by atoms with Crippen molar-refractivity contribution in [2.24, 2.45) is 0 Å². The number of rotatable bonds is 4. The van der Waals surface area contributed by atoms with Gasteiger partial charge in [0.05, 0.1) is 5.56 Å². The molecule has 0 fully saturated rings. The first kappa shape index (κ1) is 13.0. The maximum atomic E-state index is 10.8. The predicted octanol–water partition coefficient (Wildman–Crippen LogP) is 2.64. The Morgan fingerprint density at radius 3 is 2.26 bits per heavy atom. The molecule has 0 atom stereocenters. The second-order valence-corrected chi connectivity index (χ2v) is 4.16. The summed E-state index contributed by atoms with van der Waals surface area (Å²) in [5.74, 6) is -0.527. The molecule has 0 aliphatic heterocycles. The molecule has 1 N–H and O–H groups in total. The van der Waals surface area contributed by atoms with E-state index >= 15 is 0 Å². The van der Waals surface area contributed by atoms with Crippen LogP contribution in [0.25, 0.3) is 0 Å². The molecule has 5 heteroatoms. The van der Waals surface area contributed by atoms with E-state index in [0.717, 1.165) is 5.69 Å². The third-order valence-electron chi connectivity index (χ3n) is 2.79. The van der Waals surface area contributed by atoms with Gasteiger partial charge in [-0.2, -0.15) is 0 Å².